The molecule has 1 heterocycles. The van der Waals surface area contributed by atoms with E-state index < -0.39 is 0 Å². The number of benzene rings is 1. The Hall–Kier alpha value is -1.19. The lowest BCUT2D eigenvalue weighted by atomic mass is 10.1. The van der Waals surface area contributed by atoms with Gasteiger partial charge in [0.05, 0.1) is 10.7 Å². The molecule has 2 nitrogen and oxygen atoms in total. The molecule has 1 atom stereocenters. The van der Waals surface area contributed by atoms with Crippen LogP contribution in [-0.2, 0) is 6.42 Å². The molecule has 0 amide bonds. The van der Waals surface area contributed by atoms with Crippen molar-refractivity contribution in [3.05, 3.63) is 51.5 Å². The van der Waals surface area contributed by atoms with E-state index in [0.717, 1.165) is 18.7 Å². The molecule has 96 valence electrons. The summed E-state index contributed by atoms with van der Waals surface area (Å²) in [5, 5.41) is 6.75. The smallest absolute Gasteiger partial charge is 0.0972 e. The van der Waals surface area contributed by atoms with Crippen molar-refractivity contribution in [1.29, 1.82) is 0 Å². The summed E-state index contributed by atoms with van der Waals surface area (Å²) in [6.07, 6.45) is 0.934. The van der Waals surface area contributed by atoms with E-state index in [4.69, 9.17) is 4.98 Å². The first-order valence-corrected chi connectivity index (χ1v) is 7.30. The normalized spacial score (nSPS) is 12.6. The molecule has 0 radical (unpaired) electrons. The number of nitrogens with zero attached hydrogens (tertiary/aromatic N) is 1. The molecule has 2 aromatic rings. The Labute approximate surface area is 113 Å². The minimum absolute atomic E-state index is 0.345. The lowest BCUT2D eigenvalue weighted by Gasteiger charge is -2.08. The third-order valence-electron chi connectivity index (χ3n) is 3.00. The van der Waals surface area contributed by atoms with Gasteiger partial charge in [-0.15, -0.1) is 11.3 Å². The average Bonchev–Trinajstić information content (AvgIpc) is 2.81. The molecule has 2 rings (SSSR count). The number of hydrogen-bond donors (Lipinski definition) is 1. The molecule has 1 N–H and O–H groups in total. The first-order valence-electron chi connectivity index (χ1n) is 6.42. The van der Waals surface area contributed by atoms with E-state index in [2.05, 4.69) is 55.7 Å². The van der Waals surface area contributed by atoms with Gasteiger partial charge in [-0.3, -0.25) is 0 Å². The summed E-state index contributed by atoms with van der Waals surface area (Å²) in [5.74, 6) is 0. The van der Waals surface area contributed by atoms with Gasteiger partial charge >= 0.3 is 0 Å². The van der Waals surface area contributed by atoms with Crippen LogP contribution in [0.1, 0.15) is 41.7 Å². The summed E-state index contributed by atoms with van der Waals surface area (Å²) in [7, 11) is 0. The highest BCUT2D eigenvalue weighted by Gasteiger charge is 2.09. The van der Waals surface area contributed by atoms with Crippen molar-refractivity contribution in [1.82, 2.24) is 10.3 Å². The van der Waals surface area contributed by atoms with Crippen LogP contribution in [0.3, 0.4) is 0 Å². The van der Waals surface area contributed by atoms with Gasteiger partial charge in [-0.2, -0.15) is 0 Å². The van der Waals surface area contributed by atoms with Crippen LogP contribution in [0.15, 0.2) is 29.6 Å². The van der Waals surface area contributed by atoms with Gasteiger partial charge in [-0.25, -0.2) is 4.98 Å². The summed E-state index contributed by atoms with van der Waals surface area (Å²) in [4.78, 5) is 4.70. The predicted molar refractivity (Wildman–Crippen MR) is 78.2 cm³/mol. The Morgan fingerprint density at radius 2 is 2.00 bits per heavy atom. The minimum atomic E-state index is 0.345. The molecule has 3 heteroatoms. The second kappa shape index (κ2) is 6.12. The minimum Gasteiger partial charge on any atom is -0.309 e. The van der Waals surface area contributed by atoms with Gasteiger partial charge < -0.3 is 5.32 Å². The van der Waals surface area contributed by atoms with Crippen LogP contribution in [0, 0.1) is 6.92 Å². The second-order valence-electron chi connectivity index (χ2n) is 4.61. The molecule has 0 aliphatic carbocycles. The van der Waals surface area contributed by atoms with E-state index in [0.29, 0.717) is 6.04 Å². The van der Waals surface area contributed by atoms with Gasteiger partial charge in [0.25, 0.3) is 0 Å². The number of aryl methyl sites for hydroxylation is 1. The van der Waals surface area contributed by atoms with Crippen LogP contribution < -0.4 is 5.32 Å². The Kier molecular flexibility index (Phi) is 4.50. The average molecular weight is 260 g/mol. The standard InChI is InChI=1S/C15H20N2S/c1-4-16-12(3)14-10-18-15(17-14)9-13-7-5-11(2)6-8-13/h5-8,10,12,16H,4,9H2,1-3H3. The molecule has 0 saturated carbocycles. The van der Waals surface area contributed by atoms with Crippen molar-refractivity contribution in [3.8, 4) is 0 Å². The maximum Gasteiger partial charge on any atom is 0.0972 e. The highest BCUT2D eigenvalue weighted by Crippen LogP contribution is 2.19. The topological polar surface area (TPSA) is 24.9 Å². The van der Waals surface area contributed by atoms with E-state index in [1.807, 2.05) is 0 Å². The highest BCUT2D eigenvalue weighted by atomic mass is 32.1. The SMILES string of the molecule is CCNC(C)c1csc(Cc2ccc(C)cc2)n1. The van der Waals surface area contributed by atoms with Gasteiger partial charge in [-0.05, 0) is 26.0 Å². The van der Waals surface area contributed by atoms with Crippen molar-refractivity contribution in [2.24, 2.45) is 0 Å². The summed E-state index contributed by atoms with van der Waals surface area (Å²) < 4.78 is 0. The van der Waals surface area contributed by atoms with Crippen LogP contribution in [0.2, 0.25) is 0 Å². The summed E-state index contributed by atoms with van der Waals surface area (Å²) in [5.41, 5.74) is 3.79. The van der Waals surface area contributed by atoms with Crippen LogP contribution >= 0.6 is 11.3 Å². The zero-order chi connectivity index (χ0) is 13.0. The number of hydrogen-bond acceptors (Lipinski definition) is 3. The quantitative estimate of drug-likeness (QED) is 0.886. The molecule has 0 aliphatic rings. The van der Waals surface area contributed by atoms with Crippen molar-refractivity contribution < 1.29 is 0 Å². The number of thiazole rings is 1. The molecule has 1 unspecified atom stereocenters. The van der Waals surface area contributed by atoms with Gasteiger partial charge in [0.15, 0.2) is 0 Å². The zero-order valence-corrected chi connectivity index (χ0v) is 12.1. The molecule has 1 aromatic carbocycles. The molecule has 0 fully saturated rings. The fourth-order valence-corrected chi connectivity index (χ4v) is 2.82. The van der Waals surface area contributed by atoms with E-state index >= 15 is 0 Å². The maximum atomic E-state index is 4.70. The lowest BCUT2D eigenvalue weighted by Crippen LogP contribution is -2.17. The lowest BCUT2D eigenvalue weighted by molar-refractivity contribution is 0.585. The van der Waals surface area contributed by atoms with Gasteiger partial charge in [0.1, 0.15) is 0 Å². The van der Waals surface area contributed by atoms with Crippen LogP contribution in [0.5, 0.6) is 0 Å². The summed E-state index contributed by atoms with van der Waals surface area (Å²) in [6.45, 7) is 7.37. The van der Waals surface area contributed by atoms with E-state index in [1.54, 1.807) is 11.3 Å². The van der Waals surface area contributed by atoms with Crippen molar-refractivity contribution in [3.63, 3.8) is 0 Å². The van der Waals surface area contributed by atoms with Crippen LogP contribution in [0.25, 0.3) is 0 Å². The first kappa shape index (κ1) is 13.2. The van der Waals surface area contributed by atoms with Gasteiger partial charge in [0.2, 0.25) is 0 Å². The molecule has 0 bridgehead atoms. The molecular weight excluding hydrogens is 240 g/mol. The monoisotopic (exact) mass is 260 g/mol. The number of aromatic nitrogens is 1. The fourth-order valence-electron chi connectivity index (χ4n) is 1.90. The third kappa shape index (κ3) is 3.40. The second-order valence-corrected chi connectivity index (χ2v) is 5.55. The third-order valence-corrected chi connectivity index (χ3v) is 3.87. The molecule has 0 aliphatic heterocycles. The fraction of sp³-hybridized carbons (Fsp3) is 0.400. The highest BCUT2D eigenvalue weighted by molar-refractivity contribution is 7.09. The summed E-state index contributed by atoms with van der Waals surface area (Å²) >= 11 is 1.75. The molecule has 0 spiro atoms. The predicted octanol–water partition coefficient (Wildman–Crippen LogP) is 3.71. The van der Waals surface area contributed by atoms with E-state index in [9.17, 15) is 0 Å². The first-order chi connectivity index (χ1) is 8.69. The van der Waals surface area contributed by atoms with Crippen molar-refractivity contribution in [2.75, 3.05) is 6.54 Å². The van der Waals surface area contributed by atoms with Crippen molar-refractivity contribution >= 4 is 11.3 Å². The molecule has 18 heavy (non-hydrogen) atoms. The van der Waals surface area contributed by atoms with Crippen LogP contribution in [0.4, 0.5) is 0 Å². The number of rotatable bonds is 5. The largest absolute Gasteiger partial charge is 0.309 e. The van der Waals surface area contributed by atoms with Gasteiger partial charge in [-0.1, -0.05) is 36.8 Å². The Morgan fingerprint density at radius 1 is 1.28 bits per heavy atom. The van der Waals surface area contributed by atoms with Crippen LogP contribution in [-0.4, -0.2) is 11.5 Å². The zero-order valence-electron chi connectivity index (χ0n) is 11.2. The summed E-state index contributed by atoms with van der Waals surface area (Å²) in [6, 6.07) is 9.03. The maximum absolute atomic E-state index is 4.70. The van der Waals surface area contributed by atoms with E-state index in [1.165, 1.54) is 16.1 Å². The number of nitrogens with one attached hydrogen (secondary N) is 1. The molecule has 1 aromatic heterocycles. The Bertz CT molecular complexity index is 487. The molecule has 0 saturated heterocycles. The molecular formula is C15H20N2S. The van der Waals surface area contributed by atoms with Gasteiger partial charge in [0, 0.05) is 17.8 Å². The van der Waals surface area contributed by atoms with E-state index in [-0.39, 0.29) is 0 Å². The Morgan fingerprint density at radius 3 is 2.67 bits per heavy atom. The van der Waals surface area contributed by atoms with Crippen molar-refractivity contribution in [2.45, 2.75) is 33.2 Å². The Balaban J connectivity index is 2.04.